The second kappa shape index (κ2) is 12.8. The van der Waals surface area contributed by atoms with Crippen molar-refractivity contribution in [3.05, 3.63) is 139 Å². The van der Waals surface area contributed by atoms with Crippen molar-refractivity contribution >= 4 is 60.8 Å². The maximum absolute atomic E-state index is 2.63. The largest absolute Gasteiger partial charge is 0.372 e. The topological polar surface area (TPSA) is 9.72 Å². The fourth-order valence-electron chi connectivity index (χ4n) is 9.37. The molecule has 2 saturated heterocycles. The van der Waals surface area contributed by atoms with Crippen LogP contribution < -0.4 is 14.7 Å². The summed E-state index contributed by atoms with van der Waals surface area (Å²) >= 11 is 0. The number of aryl methyl sites for hydroxylation is 2. The minimum atomic E-state index is 1.03. The highest BCUT2D eigenvalue weighted by atomic mass is 15.2. The number of hydrogen-bond donors (Lipinski definition) is 0. The van der Waals surface area contributed by atoms with Crippen LogP contribution in [0.5, 0.6) is 0 Å². The van der Waals surface area contributed by atoms with Crippen LogP contribution in [0.25, 0.3) is 43.4 Å². The van der Waals surface area contributed by atoms with E-state index in [1.807, 2.05) is 0 Å². The summed E-state index contributed by atoms with van der Waals surface area (Å²) in [5, 5.41) is 7.89. The molecule has 0 aliphatic carbocycles. The minimum Gasteiger partial charge on any atom is -0.372 e. The molecular weight excluding hydrogens is 619 g/mol. The highest BCUT2D eigenvalue weighted by Gasteiger charge is 2.28. The summed E-state index contributed by atoms with van der Waals surface area (Å²) in [7, 11) is 0. The van der Waals surface area contributed by atoms with Gasteiger partial charge in [0.05, 0.1) is 5.69 Å². The Morgan fingerprint density at radius 1 is 0.392 bits per heavy atom. The summed E-state index contributed by atoms with van der Waals surface area (Å²) < 4.78 is 0. The number of fused-ring (bicyclic) bond motifs is 5. The molecule has 3 aliphatic rings. The van der Waals surface area contributed by atoms with Crippen LogP contribution >= 0.6 is 0 Å². The Bertz CT molecular complexity index is 2360. The van der Waals surface area contributed by atoms with Crippen molar-refractivity contribution in [3.63, 3.8) is 0 Å². The Labute approximate surface area is 301 Å². The van der Waals surface area contributed by atoms with Crippen LogP contribution in [-0.2, 0) is 12.8 Å². The van der Waals surface area contributed by atoms with Gasteiger partial charge in [0.15, 0.2) is 0 Å². The van der Waals surface area contributed by atoms with Crippen molar-refractivity contribution in [3.8, 4) is 11.1 Å². The van der Waals surface area contributed by atoms with E-state index < -0.39 is 0 Å². The van der Waals surface area contributed by atoms with E-state index in [4.69, 9.17) is 0 Å². The van der Waals surface area contributed by atoms with Crippen molar-refractivity contribution < 1.29 is 0 Å². The van der Waals surface area contributed by atoms with Gasteiger partial charge in [0.2, 0.25) is 0 Å². The third kappa shape index (κ3) is 5.25. The number of rotatable bonds is 4. The Morgan fingerprint density at radius 3 is 1.61 bits per heavy atom. The van der Waals surface area contributed by atoms with Gasteiger partial charge in [-0.05, 0) is 132 Å². The zero-order valence-corrected chi connectivity index (χ0v) is 29.5. The Morgan fingerprint density at radius 2 is 0.941 bits per heavy atom. The lowest BCUT2D eigenvalue weighted by Gasteiger charge is -2.33. The van der Waals surface area contributed by atoms with Gasteiger partial charge in [-0.15, -0.1) is 0 Å². The standard InChI is InChI=1S/C48H45N3/c1-9-28-49(29-10-1)37-25-27-42-43(32-37)47(40-19-13-17-34-14-3-6-18-39(34)40)41-26-24-38(50-30-11-2-12-31-50)33-44(41)48(42)51-45-20-7-4-15-35(45)22-23-36-16-5-8-21-46(36)51/h3-8,13-21,24-27,32-33H,1-2,9-12,22-23,28-31H2. The van der Waals surface area contributed by atoms with Crippen molar-refractivity contribution in [1.82, 2.24) is 0 Å². The lowest BCUT2D eigenvalue weighted by molar-refractivity contribution is 0.578. The van der Waals surface area contributed by atoms with Gasteiger partial charge in [0.25, 0.3) is 0 Å². The Kier molecular flexibility index (Phi) is 7.66. The van der Waals surface area contributed by atoms with Gasteiger partial charge < -0.3 is 14.7 Å². The molecule has 0 amide bonds. The van der Waals surface area contributed by atoms with E-state index in [0.717, 1.165) is 39.0 Å². The molecule has 51 heavy (non-hydrogen) atoms. The quantitative estimate of drug-likeness (QED) is 0.174. The Hall–Kier alpha value is -5.28. The van der Waals surface area contributed by atoms with Crippen LogP contribution in [0.15, 0.2) is 127 Å². The number of nitrogens with zero attached hydrogens (tertiary/aromatic N) is 3. The molecule has 0 spiro atoms. The molecular formula is C48H45N3. The Balaban J connectivity index is 1.36. The second-order valence-electron chi connectivity index (χ2n) is 14.9. The SMILES string of the molecule is c1ccc2c(c1)CCc1ccccc1N2c1c2ccc(N3CCCCC3)cc2c(-c2cccc3ccccc23)c2ccc(N3CCCCC3)cc12. The molecule has 0 unspecified atom stereocenters. The monoisotopic (exact) mass is 663 g/mol. The predicted molar refractivity (Wildman–Crippen MR) is 219 cm³/mol. The second-order valence-corrected chi connectivity index (χ2v) is 14.9. The van der Waals surface area contributed by atoms with Gasteiger partial charge in [0, 0.05) is 59.7 Å². The van der Waals surface area contributed by atoms with Crippen molar-refractivity contribution in [2.75, 3.05) is 40.9 Å². The molecule has 0 N–H and O–H groups in total. The summed E-state index contributed by atoms with van der Waals surface area (Å²) in [5.41, 5.74) is 12.1. The molecule has 7 aromatic carbocycles. The van der Waals surface area contributed by atoms with Crippen LogP contribution in [0.3, 0.4) is 0 Å². The molecule has 0 saturated carbocycles. The maximum Gasteiger partial charge on any atom is 0.0619 e. The van der Waals surface area contributed by atoms with Gasteiger partial charge in [0.1, 0.15) is 0 Å². The maximum atomic E-state index is 2.63. The van der Waals surface area contributed by atoms with Crippen LogP contribution in [0, 0.1) is 0 Å². The third-order valence-corrected chi connectivity index (χ3v) is 11.9. The highest BCUT2D eigenvalue weighted by molar-refractivity contribution is 6.25. The highest BCUT2D eigenvalue weighted by Crippen LogP contribution is 2.52. The van der Waals surface area contributed by atoms with Gasteiger partial charge in [-0.1, -0.05) is 91.0 Å². The summed E-state index contributed by atoms with van der Waals surface area (Å²) in [6.07, 6.45) is 9.76. The number of benzene rings is 7. The van der Waals surface area contributed by atoms with Gasteiger partial charge >= 0.3 is 0 Å². The number of anilines is 5. The van der Waals surface area contributed by atoms with Crippen LogP contribution in [0.2, 0.25) is 0 Å². The molecule has 0 atom stereocenters. The van der Waals surface area contributed by atoms with E-state index in [-0.39, 0.29) is 0 Å². The van der Waals surface area contributed by atoms with Crippen LogP contribution in [-0.4, -0.2) is 26.2 Å². The van der Waals surface area contributed by atoms with Crippen molar-refractivity contribution in [2.45, 2.75) is 51.4 Å². The van der Waals surface area contributed by atoms with E-state index in [9.17, 15) is 0 Å². The molecule has 3 nitrogen and oxygen atoms in total. The summed E-state index contributed by atoms with van der Waals surface area (Å²) in [6.45, 7) is 4.50. The zero-order valence-electron chi connectivity index (χ0n) is 29.5. The summed E-state index contributed by atoms with van der Waals surface area (Å²) in [6, 6.07) is 48.9. The lowest BCUT2D eigenvalue weighted by Crippen LogP contribution is -2.29. The van der Waals surface area contributed by atoms with E-state index >= 15 is 0 Å². The molecule has 3 heteroatoms. The first-order chi connectivity index (χ1) is 25.3. The fourth-order valence-corrected chi connectivity index (χ4v) is 9.37. The van der Waals surface area contributed by atoms with E-state index in [2.05, 4.69) is 142 Å². The van der Waals surface area contributed by atoms with E-state index in [1.165, 1.54) is 122 Å². The summed E-state index contributed by atoms with van der Waals surface area (Å²) in [5.74, 6) is 0. The van der Waals surface area contributed by atoms with E-state index in [1.54, 1.807) is 0 Å². The summed E-state index contributed by atoms with van der Waals surface area (Å²) in [4.78, 5) is 7.88. The number of para-hydroxylation sites is 2. The molecule has 10 rings (SSSR count). The van der Waals surface area contributed by atoms with Gasteiger partial charge in [-0.25, -0.2) is 0 Å². The van der Waals surface area contributed by atoms with Crippen molar-refractivity contribution in [2.24, 2.45) is 0 Å². The molecule has 2 fully saturated rings. The fraction of sp³-hybridized carbons (Fsp3) is 0.250. The molecule has 7 aromatic rings. The van der Waals surface area contributed by atoms with E-state index in [0.29, 0.717) is 0 Å². The first-order valence-corrected chi connectivity index (χ1v) is 19.3. The van der Waals surface area contributed by atoms with Crippen LogP contribution in [0.4, 0.5) is 28.4 Å². The molecule has 3 aliphatic heterocycles. The minimum absolute atomic E-state index is 1.03. The van der Waals surface area contributed by atoms with Gasteiger partial charge in [-0.2, -0.15) is 0 Å². The van der Waals surface area contributed by atoms with Crippen molar-refractivity contribution in [1.29, 1.82) is 0 Å². The van der Waals surface area contributed by atoms with Crippen LogP contribution in [0.1, 0.15) is 49.7 Å². The first-order valence-electron chi connectivity index (χ1n) is 19.3. The molecule has 3 heterocycles. The average molecular weight is 664 g/mol. The number of hydrogen-bond acceptors (Lipinski definition) is 3. The molecule has 252 valence electrons. The number of piperidine rings is 2. The molecule has 0 aromatic heterocycles. The predicted octanol–water partition coefficient (Wildman–Crippen LogP) is 12.4. The normalized spacial score (nSPS) is 16.4. The third-order valence-electron chi connectivity index (χ3n) is 11.9. The molecule has 0 bridgehead atoms. The molecule has 0 radical (unpaired) electrons. The zero-order chi connectivity index (χ0) is 33.7. The first kappa shape index (κ1) is 30.5. The average Bonchev–Trinajstić information content (AvgIpc) is 3.37. The smallest absolute Gasteiger partial charge is 0.0619 e. The van der Waals surface area contributed by atoms with Gasteiger partial charge in [-0.3, -0.25) is 0 Å². The lowest BCUT2D eigenvalue weighted by atomic mass is 9.87.